The van der Waals surface area contributed by atoms with Crippen LogP contribution in [0, 0.1) is 0 Å². The van der Waals surface area contributed by atoms with Crippen molar-refractivity contribution in [1.29, 1.82) is 0 Å². The van der Waals surface area contributed by atoms with Crippen LogP contribution in [-0.2, 0) is 32.0 Å². The molecule has 0 fully saturated rings. The van der Waals surface area contributed by atoms with E-state index in [1.807, 2.05) is 36.8 Å². The van der Waals surface area contributed by atoms with Crippen LogP contribution in [0.5, 0.6) is 0 Å². The molecule has 3 amide bonds. The highest BCUT2D eigenvalue weighted by Crippen LogP contribution is 2.19. The molecule has 41 heavy (non-hydrogen) atoms. The Morgan fingerprint density at radius 2 is 1.51 bits per heavy atom. The first-order chi connectivity index (χ1) is 19.7. The zero-order valence-electron chi connectivity index (χ0n) is 23.0. The first-order valence-electron chi connectivity index (χ1n) is 13.1. The molecule has 0 saturated carbocycles. The number of para-hydroxylation sites is 1. The number of hydrogen-bond acceptors (Lipinski definition) is 8. The van der Waals surface area contributed by atoms with Gasteiger partial charge in [-0.2, -0.15) is 23.5 Å². The molecule has 3 rings (SSSR count). The number of H-pyrrole nitrogens is 2. The van der Waals surface area contributed by atoms with E-state index in [1.165, 1.54) is 29.9 Å². The van der Waals surface area contributed by atoms with Gasteiger partial charge in [0.2, 0.25) is 17.7 Å². The highest BCUT2D eigenvalue weighted by atomic mass is 32.2. The fourth-order valence-electron chi connectivity index (χ4n) is 4.28. The molecule has 0 bridgehead atoms. The predicted molar refractivity (Wildman–Crippen MR) is 162 cm³/mol. The molecule has 222 valence electrons. The van der Waals surface area contributed by atoms with E-state index < -0.39 is 47.9 Å². The number of aromatic amines is 2. The second-order valence-corrected chi connectivity index (χ2v) is 11.5. The monoisotopic (exact) mass is 603 g/mol. The van der Waals surface area contributed by atoms with Gasteiger partial charge in [-0.05, 0) is 48.5 Å². The summed E-state index contributed by atoms with van der Waals surface area (Å²) in [6, 6.07) is 3.48. The van der Waals surface area contributed by atoms with Gasteiger partial charge in [-0.15, -0.1) is 0 Å². The zero-order valence-corrected chi connectivity index (χ0v) is 24.6. The smallest absolute Gasteiger partial charge is 0.326 e. The molecule has 2 aromatic heterocycles. The van der Waals surface area contributed by atoms with Crippen LogP contribution >= 0.6 is 23.5 Å². The van der Waals surface area contributed by atoms with Crippen molar-refractivity contribution in [2.24, 2.45) is 5.73 Å². The van der Waals surface area contributed by atoms with Gasteiger partial charge >= 0.3 is 5.97 Å². The Bertz CT molecular complexity index is 1300. The largest absolute Gasteiger partial charge is 0.480 e. The maximum absolute atomic E-state index is 13.3. The van der Waals surface area contributed by atoms with Crippen LogP contribution in [0.25, 0.3) is 10.9 Å². The number of carbonyl (C=O) groups is 4. The number of thioether (sulfide) groups is 2. The summed E-state index contributed by atoms with van der Waals surface area (Å²) in [5.74, 6) is -1.70. The second kappa shape index (κ2) is 16.1. The number of hydrogen-bond donors (Lipinski definition) is 7. The van der Waals surface area contributed by atoms with E-state index in [0.29, 0.717) is 23.6 Å². The highest BCUT2D eigenvalue weighted by Gasteiger charge is 2.30. The van der Waals surface area contributed by atoms with Gasteiger partial charge < -0.3 is 36.8 Å². The first kappa shape index (κ1) is 32.0. The van der Waals surface area contributed by atoms with Crippen LogP contribution in [0.15, 0.2) is 43.0 Å². The molecule has 0 saturated heterocycles. The van der Waals surface area contributed by atoms with Crippen molar-refractivity contribution in [2.45, 2.75) is 49.9 Å². The Labute approximate surface area is 246 Å². The summed E-state index contributed by atoms with van der Waals surface area (Å²) in [6.45, 7) is 0. The molecule has 0 aliphatic carbocycles. The number of amides is 3. The molecule has 12 nitrogen and oxygen atoms in total. The normalized spacial score (nSPS) is 14.1. The van der Waals surface area contributed by atoms with Gasteiger partial charge in [0, 0.05) is 41.8 Å². The SMILES string of the molecule is CSCCC(NC(=O)C(N)Cc1cnc[nH]1)C(=O)NC(CCSC)C(=O)NC(Cc1c[nH]c2ccccc12)C(=O)O. The molecule has 14 heteroatoms. The number of imidazole rings is 1. The molecular formula is C27H37N7O5S2. The molecule has 8 N–H and O–H groups in total. The maximum Gasteiger partial charge on any atom is 0.326 e. The Balaban J connectivity index is 1.69. The Morgan fingerprint density at radius 3 is 2.10 bits per heavy atom. The van der Waals surface area contributed by atoms with Gasteiger partial charge in [-0.25, -0.2) is 9.78 Å². The van der Waals surface area contributed by atoms with Crippen LogP contribution < -0.4 is 21.7 Å². The molecule has 0 aliphatic heterocycles. The zero-order chi connectivity index (χ0) is 29.8. The minimum absolute atomic E-state index is 0.0644. The van der Waals surface area contributed by atoms with E-state index in [2.05, 4.69) is 30.9 Å². The fourth-order valence-corrected chi connectivity index (χ4v) is 5.22. The average Bonchev–Trinajstić information content (AvgIpc) is 3.62. The first-order valence-corrected chi connectivity index (χ1v) is 15.9. The lowest BCUT2D eigenvalue weighted by Crippen LogP contribution is -2.57. The van der Waals surface area contributed by atoms with Crippen LogP contribution in [0.3, 0.4) is 0 Å². The third-order valence-electron chi connectivity index (χ3n) is 6.53. The van der Waals surface area contributed by atoms with Gasteiger partial charge in [0.15, 0.2) is 0 Å². The molecule has 4 unspecified atom stereocenters. The molecule has 4 atom stereocenters. The van der Waals surface area contributed by atoms with E-state index in [-0.39, 0.29) is 19.3 Å². The third-order valence-corrected chi connectivity index (χ3v) is 7.82. The minimum Gasteiger partial charge on any atom is -0.480 e. The average molecular weight is 604 g/mol. The van der Waals surface area contributed by atoms with Crippen LogP contribution in [0.2, 0.25) is 0 Å². The summed E-state index contributed by atoms with van der Waals surface area (Å²) in [5, 5.41) is 18.8. The highest BCUT2D eigenvalue weighted by molar-refractivity contribution is 7.98. The second-order valence-electron chi connectivity index (χ2n) is 9.54. The Morgan fingerprint density at radius 1 is 0.902 bits per heavy atom. The summed E-state index contributed by atoms with van der Waals surface area (Å²) in [7, 11) is 0. The van der Waals surface area contributed by atoms with Crippen molar-refractivity contribution in [1.82, 2.24) is 30.9 Å². The predicted octanol–water partition coefficient (Wildman–Crippen LogP) is 1.05. The quantitative estimate of drug-likeness (QED) is 0.118. The molecule has 0 spiro atoms. The van der Waals surface area contributed by atoms with Crippen molar-refractivity contribution in [2.75, 3.05) is 24.0 Å². The number of rotatable bonds is 17. The number of carbonyl (C=O) groups excluding carboxylic acids is 3. The van der Waals surface area contributed by atoms with Crippen molar-refractivity contribution in [3.63, 3.8) is 0 Å². The number of nitrogens with one attached hydrogen (secondary N) is 5. The maximum atomic E-state index is 13.3. The summed E-state index contributed by atoms with van der Waals surface area (Å²) in [5.41, 5.74) is 8.36. The summed E-state index contributed by atoms with van der Waals surface area (Å²) < 4.78 is 0. The topological polar surface area (TPSA) is 195 Å². The summed E-state index contributed by atoms with van der Waals surface area (Å²) in [6.07, 6.45) is 9.43. The van der Waals surface area contributed by atoms with Crippen molar-refractivity contribution in [3.8, 4) is 0 Å². The molecule has 0 radical (unpaired) electrons. The number of aromatic nitrogens is 3. The lowest BCUT2D eigenvalue weighted by atomic mass is 10.0. The number of nitrogens with two attached hydrogens (primary N) is 1. The number of carboxylic acid groups (broad SMARTS) is 1. The lowest BCUT2D eigenvalue weighted by Gasteiger charge is -2.25. The van der Waals surface area contributed by atoms with Crippen LogP contribution in [-0.4, -0.2) is 91.9 Å². The molecule has 3 aromatic rings. The summed E-state index contributed by atoms with van der Waals surface area (Å²) in [4.78, 5) is 61.4. The molecular weight excluding hydrogens is 566 g/mol. The number of benzene rings is 1. The number of carboxylic acids is 1. The number of fused-ring (bicyclic) bond motifs is 1. The summed E-state index contributed by atoms with van der Waals surface area (Å²) >= 11 is 3.01. The van der Waals surface area contributed by atoms with E-state index in [4.69, 9.17) is 5.73 Å². The van der Waals surface area contributed by atoms with E-state index >= 15 is 0 Å². The van der Waals surface area contributed by atoms with Gasteiger partial charge in [0.05, 0.1) is 12.4 Å². The van der Waals surface area contributed by atoms with Crippen LogP contribution in [0.4, 0.5) is 0 Å². The van der Waals surface area contributed by atoms with Crippen molar-refractivity contribution >= 4 is 58.1 Å². The van der Waals surface area contributed by atoms with E-state index in [9.17, 15) is 24.3 Å². The van der Waals surface area contributed by atoms with Gasteiger partial charge in [0.25, 0.3) is 0 Å². The van der Waals surface area contributed by atoms with E-state index in [1.54, 1.807) is 12.4 Å². The van der Waals surface area contributed by atoms with Gasteiger partial charge in [-0.3, -0.25) is 14.4 Å². The molecule has 0 aliphatic rings. The fraction of sp³-hybridized carbons (Fsp3) is 0.444. The Kier molecular flexibility index (Phi) is 12.6. The third kappa shape index (κ3) is 9.54. The van der Waals surface area contributed by atoms with Crippen molar-refractivity contribution in [3.05, 3.63) is 54.2 Å². The molecule has 2 heterocycles. The molecule has 1 aromatic carbocycles. The standard InChI is InChI=1S/C27H37N7O5S2/c1-40-9-7-21(32-24(35)19(28)12-17-14-29-15-31-17)25(36)33-22(8-10-41-2)26(37)34-23(27(38)39)11-16-13-30-20-6-4-3-5-18(16)20/h3-6,13-15,19,21-23,30H,7-12,28H2,1-2H3,(H,29,31)(H,32,35)(H,33,36)(H,34,37)(H,38,39). The number of aliphatic carboxylic acids is 1. The van der Waals surface area contributed by atoms with E-state index in [0.717, 1.165) is 16.5 Å². The lowest BCUT2D eigenvalue weighted by molar-refractivity contribution is -0.142. The van der Waals surface area contributed by atoms with Gasteiger partial charge in [-0.1, -0.05) is 18.2 Å². The van der Waals surface area contributed by atoms with Gasteiger partial charge in [0.1, 0.15) is 18.1 Å². The number of nitrogens with zero attached hydrogens (tertiary/aromatic N) is 1. The Hall–Kier alpha value is -3.49. The van der Waals surface area contributed by atoms with Crippen molar-refractivity contribution < 1.29 is 24.3 Å². The van der Waals surface area contributed by atoms with Crippen LogP contribution in [0.1, 0.15) is 24.1 Å². The minimum atomic E-state index is -1.21.